The van der Waals surface area contributed by atoms with Crippen molar-refractivity contribution < 1.29 is 9.47 Å². The Bertz CT molecular complexity index is 310. The Morgan fingerprint density at radius 3 is 2.93 bits per heavy atom. The molecule has 0 amide bonds. The molecule has 2 nitrogen and oxygen atoms in total. The van der Waals surface area contributed by atoms with Gasteiger partial charge >= 0.3 is 0 Å². The Labute approximate surface area is 95.5 Å². The van der Waals surface area contributed by atoms with Crippen molar-refractivity contribution in [3.8, 4) is 5.75 Å². The summed E-state index contributed by atoms with van der Waals surface area (Å²) in [4.78, 5) is 0. The van der Waals surface area contributed by atoms with Gasteiger partial charge in [0.2, 0.25) is 0 Å². The molecule has 1 aromatic carbocycles. The van der Waals surface area contributed by atoms with Crippen molar-refractivity contribution in [1.29, 1.82) is 0 Å². The quantitative estimate of drug-likeness (QED) is 0.422. The van der Waals surface area contributed by atoms with Crippen LogP contribution in [0.5, 0.6) is 5.75 Å². The van der Waals surface area contributed by atoms with Gasteiger partial charge in [-0.1, -0.05) is 24.3 Å². The van der Waals surface area contributed by atoms with Crippen LogP contribution in [-0.4, -0.2) is 19.6 Å². The van der Waals surface area contributed by atoms with Gasteiger partial charge in [0.1, 0.15) is 5.75 Å². The zero-order chi connectivity index (χ0) is 10.9. The second-order valence-electron chi connectivity index (χ2n) is 2.99. The fraction of sp³-hybridized carbons (Fsp3) is 0.333. The summed E-state index contributed by atoms with van der Waals surface area (Å²) in [6.07, 6.45) is 3.78. The number of hydrogen-bond donors (Lipinski definition) is 0. The molecule has 0 aromatic heterocycles. The van der Waals surface area contributed by atoms with E-state index in [0.29, 0.717) is 19.1 Å². The molecule has 0 aliphatic rings. The lowest BCUT2D eigenvalue weighted by Gasteiger charge is -2.04. The highest BCUT2D eigenvalue weighted by atomic mass is 35.5. The van der Waals surface area contributed by atoms with E-state index >= 15 is 0 Å². The SMILES string of the molecule is COc1cccc(COCC=CCCl)c1. The molecule has 0 saturated heterocycles. The van der Waals surface area contributed by atoms with Gasteiger partial charge in [-0.05, 0) is 17.7 Å². The lowest BCUT2D eigenvalue weighted by Crippen LogP contribution is -1.93. The summed E-state index contributed by atoms with van der Waals surface area (Å²) in [5.41, 5.74) is 1.11. The molecule has 0 radical (unpaired) electrons. The second kappa shape index (κ2) is 7.32. The van der Waals surface area contributed by atoms with Crippen molar-refractivity contribution in [2.45, 2.75) is 6.61 Å². The first-order valence-corrected chi connectivity index (χ1v) is 5.32. The normalized spacial score (nSPS) is 10.8. The number of alkyl halides is 1. The van der Waals surface area contributed by atoms with E-state index in [4.69, 9.17) is 21.1 Å². The van der Waals surface area contributed by atoms with Gasteiger partial charge < -0.3 is 9.47 Å². The number of ether oxygens (including phenoxy) is 2. The number of allylic oxidation sites excluding steroid dienone is 1. The second-order valence-corrected chi connectivity index (χ2v) is 3.30. The number of rotatable bonds is 6. The molecule has 0 aliphatic heterocycles. The summed E-state index contributed by atoms with van der Waals surface area (Å²) < 4.78 is 10.5. The maximum Gasteiger partial charge on any atom is 0.119 e. The third kappa shape index (κ3) is 4.86. The highest BCUT2D eigenvalue weighted by Crippen LogP contribution is 2.12. The summed E-state index contributed by atoms with van der Waals surface area (Å²) in [7, 11) is 1.66. The molecule has 0 fully saturated rings. The first kappa shape index (κ1) is 12.1. The van der Waals surface area contributed by atoms with E-state index in [1.54, 1.807) is 7.11 Å². The molecular formula is C12H15ClO2. The van der Waals surface area contributed by atoms with E-state index in [1.165, 1.54) is 0 Å². The molecule has 0 aliphatic carbocycles. The van der Waals surface area contributed by atoms with Crippen LogP contribution in [0.4, 0.5) is 0 Å². The number of benzene rings is 1. The third-order valence-corrected chi connectivity index (χ3v) is 2.05. The van der Waals surface area contributed by atoms with Crippen LogP contribution < -0.4 is 4.74 Å². The van der Waals surface area contributed by atoms with Gasteiger partial charge in [0, 0.05) is 5.88 Å². The van der Waals surface area contributed by atoms with Crippen molar-refractivity contribution in [3.05, 3.63) is 42.0 Å². The molecule has 0 bridgehead atoms. The Morgan fingerprint density at radius 1 is 1.33 bits per heavy atom. The van der Waals surface area contributed by atoms with E-state index in [0.717, 1.165) is 11.3 Å². The molecule has 1 rings (SSSR count). The Balaban J connectivity index is 2.33. The highest BCUT2D eigenvalue weighted by Gasteiger charge is 1.94. The Kier molecular flexibility index (Phi) is 5.90. The number of methoxy groups -OCH3 is 1. The van der Waals surface area contributed by atoms with Gasteiger partial charge in [-0.2, -0.15) is 0 Å². The number of halogens is 1. The van der Waals surface area contributed by atoms with Crippen LogP contribution in [0.15, 0.2) is 36.4 Å². The van der Waals surface area contributed by atoms with E-state index in [2.05, 4.69) is 0 Å². The Morgan fingerprint density at radius 2 is 2.20 bits per heavy atom. The average Bonchev–Trinajstić information content (AvgIpc) is 2.29. The fourth-order valence-corrected chi connectivity index (χ4v) is 1.26. The fourth-order valence-electron chi connectivity index (χ4n) is 1.14. The van der Waals surface area contributed by atoms with Crippen LogP contribution in [-0.2, 0) is 11.3 Å². The molecule has 15 heavy (non-hydrogen) atoms. The summed E-state index contributed by atoms with van der Waals surface area (Å²) >= 11 is 5.48. The predicted octanol–water partition coefficient (Wildman–Crippen LogP) is 3.01. The maximum absolute atomic E-state index is 5.48. The number of hydrogen-bond acceptors (Lipinski definition) is 2. The molecule has 0 saturated carbocycles. The molecule has 1 aromatic rings. The van der Waals surface area contributed by atoms with Gasteiger partial charge in [-0.15, -0.1) is 11.6 Å². The largest absolute Gasteiger partial charge is 0.497 e. The summed E-state index contributed by atoms with van der Waals surface area (Å²) in [6.45, 7) is 1.17. The van der Waals surface area contributed by atoms with Crippen molar-refractivity contribution in [2.75, 3.05) is 19.6 Å². The van der Waals surface area contributed by atoms with Gasteiger partial charge in [-0.25, -0.2) is 0 Å². The van der Waals surface area contributed by atoms with Crippen molar-refractivity contribution >= 4 is 11.6 Å². The van der Waals surface area contributed by atoms with Crippen molar-refractivity contribution in [1.82, 2.24) is 0 Å². The lowest BCUT2D eigenvalue weighted by atomic mass is 10.2. The predicted molar refractivity (Wildman–Crippen MR) is 62.5 cm³/mol. The zero-order valence-corrected chi connectivity index (χ0v) is 9.54. The minimum absolute atomic E-state index is 0.530. The van der Waals surface area contributed by atoms with Gasteiger partial charge in [-0.3, -0.25) is 0 Å². The average molecular weight is 227 g/mol. The van der Waals surface area contributed by atoms with E-state index < -0.39 is 0 Å². The van der Waals surface area contributed by atoms with Crippen molar-refractivity contribution in [2.24, 2.45) is 0 Å². The lowest BCUT2D eigenvalue weighted by molar-refractivity contribution is 0.148. The summed E-state index contributed by atoms with van der Waals surface area (Å²) in [5.74, 6) is 1.38. The van der Waals surface area contributed by atoms with E-state index in [9.17, 15) is 0 Å². The van der Waals surface area contributed by atoms with Crippen LogP contribution in [0.25, 0.3) is 0 Å². The van der Waals surface area contributed by atoms with Crippen LogP contribution in [0, 0.1) is 0 Å². The van der Waals surface area contributed by atoms with Crippen LogP contribution >= 0.6 is 11.6 Å². The molecule has 0 spiro atoms. The standard InChI is InChI=1S/C12H15ClO2/c1-14-12-6-4-5-11(9-12)10-15-8-3-2-7-13/h2-6,9H,7-8,10H2,1H3. The molecule has 0 N–H and O–H groups in total. The smallest absolute Gasteiger partial charge is 0.119 e. The molecule has 0 unspecified atom stereocenters. The first-order chi connectivity index (χ1) is 7.36. The third-order valence-electron chi connectivity index (χ3n) is 1.87. The maximum atomic E-state index is 5.48. The topological polar surface area (TPSA) is 18.5 Å². The molecular weight excluding hydrogens is 212 g/mol. The monoisotopic (exact) mass is 226 g/mol. The highest BCUT2D eigenvalue weighted by molar-refractivity contribution is 6.18. The van der Waals surface area contributed by atoms with Gasteiger partial charge in [0.15, 0.2) is 0 Å². The molecule has 0 atom stereocenters. The Hall–Kier alpha value is -0.990. The van der Waals surface area contributed by atoms with Crippen LogP contribution in [0.1, 0.15) is 5.56 Å². The summed E-state index contributed by atoms with van der Waals surface area (Å²) in [6, 6.07) is 7.84. The minimum Gasteiger partial charge on any atom is -0.497 e. The minimum atomic E-state index is 0.530. The van der Waals surface area contributed by atoms with E-state index in [-0.39, 0.29) is 0 Å². The summed E-state index contributed by atoms with van der Waals surface area (Å²) in [5, 5.41) is 0. The molecule has 3 heteroatoms. The van der Waals surface area contributed by atoms with Crippen LogP contribution in [0.3, 0.4) is 0 Å². The van der Waals surface area contributed by atoms with Gasteiger partial charge in [0.05, 0.1) is 20.3 Å². The van der Waals surface area contributed by atoms with Gasteiger partial charge in [0.25, 0.3) is 0 Å². The van der Waals surface area contributed by atoms with E-state index in [1.807, 2.05) is 36.4 Å². The van der Waals surface area contributed by atoms with Crippen molar-refractivity contribution in [3.63, 3.8) is 0 Å². The first-order valence-electron chi connectivity index (χ1n) is 4.78. The molecule has 0 heterocycles. The molecule has 82 valence electrons. The van der Waals surface area contributed by atoms with Crippen LogP contribution in [0.2, 0.25) is 0 Å². The zero-order valence-electron chi connectivity index (χ0n) is 8.78.